The van der Waals surface area contributed by atoms with E-state index in [1.165, 1.54) is 6.07 Å². The standard InChI is InChI=1S/C14H11N3O2/c1-9-3-2-4-10(7-9)14-12-8-11(17(18)19)5-6-13(12)15-16-14/h2-8H,1H3,(H,15,16). The second-order valence-corrected chi connectivity index (χ2v) is 4.43. The van der Waals surface area contributed by atoms with Crippen LogP contribution in [0.15, 0.2) is 42.5 Å². The topological polar surface area (TPSA) is 71.8 Å². The van der Waals surface area contributed by atoms with E-state index in [-0.39, 0.29) is 5.69 Å². The Balaban J connectivity index is 2.24. The van der Waals surface area contributed by atoms with Crippen molar-refractivity contribution in [2.75, 3.05) is 0 Å². The van der Waals surface area contributed by atoms with Crippen molar-refractivity contribution >= 4 is 16.6 Å². The highest BCUT2D eigenvalue weighted by atomic mass is 16.6. The molecule has 0 saturated carbocycles. The van der Waals surface area contributed by atoms with Crippen molar-refractivity contribution in [1.29, 1.82) is 0 Å². The zero-order valence-corrected chi connectivity index (χ0v) is 10.3. The summed E-state index contributed by atoms with van der Waals surface area (Å²) in [5.74, 6) is 0. The number of hydrogen-bond donors (Lipinski definition) is 1. The molecule has 0 radical (unpaired) electrons. The summed E-state index contributed by atoms with van der Waals surface area (Å²) in [6.45, 7) is 2.00. The van der Waals surface area contributed by atoms with Gasteiger partial charge in [-0.2, -0.15) is 5.10 Å². The molecule has 0 unspecified atom stereocenters. The van der Waals surface area contributed by atoms with Crippen LogP contribution in [0.4, 0.5) is 5.69 Å². The maximum absolute atomic E-state index is 10.8. The van der Waals surface area contributed by atoms with Gasteiger partial charge in [-0.05, 0) is 19.1 Å². The first-order valence-electron chi connectivity index (χ1n) is 5.85. The van der Waals surface area contributed by atoms with Gasteiger partial charge in [-0.1, -0.05) is 23.8 Å². The third-order valence-electron chi connectivity index (χ3n) is 3.05. The van der Waals surface area contributed by atoms with Crippen LogP contribution in [0.25, 0.3) is 22.2 Å². The number of hydrogen-bond acceptors (Lipinski definition) is 3. The Morgan fingerprint density at radius 3 is 2.79 bits per heavy atom. The molecule has 94 valence electrons. The Bertz CT molecular complexity index is 777. The summed E-state index contributed by atoms with van der Waals surface area (Å²) in [6, 6.07) is 12.6. The van der Waals surface area contributed by atoms with Crippen molar-refractivity contribution in [3.8, 4) is 11.3 Å². The highest BCUT2D eigenvalue weighted by Crippen LogP contribution is 2.29. The fraction of sp³-hybridized carbons (Fsp3) is 0.0714. The van der Waals surface area contributed by atoms with Gasteiger partial charge in [-0.15, -0.1) is 0 Å². The maximum Gasteiger partial charge on any atom is 0.270 e. The van der Waals surface area contributed by atoms with Crippen molar-refractivity contribution in [2.45, 2.75) is 6.92 Å². The number of H-pyrrole nitrogens is 1. The molecule has 3 rings (SSSR count). The molecule has 0 fully saturated rings. The van der Waals surface area contributed by atoms with E-state index in [4.69, 9.17) is 0 Å². The van der Waals surface area contributed by atoms with Crippen LogP contribution in [0.2, 0.25) is 0 Å². The highest BCUT2D eigenvalue weighted by Gasteiger charge is 2.12. The molecule has 1 aromatic heterocycles. The van der Waals surface area contributed by atoms with Gasteiger partial charge in [0.25, 0.3) is 5.69 Å². The molecule has 0 spiro atoms. The molecule has 0 amide bonds. The Morgan fingerprint density at radius 1 is 1.21 bits per heavy atom. The molecular formula is C14H11N3O2. The van der Waals surface area contributed by atoms with E-state index < -0.39 is 4.92 Å². The van der Waals surface area contributed by atoms with Crippen LogP contribution in [-0.4, -0.2) is 15.1 Å². The van der Waals surface area contributed by atoms with Crippen molar-refractivity contribution < 1.29 is 4.92 Å². The number of nitro groups is 1. The molecule has 5 heteroatoms. The van der Waals surface area contributed by atoms with Crippen LogP contribution in [0, 0.1) is 17.0 Å². The van der Waals surface area contributed by atoms with E-state index in [0.717, 1.165) is 27.7 Å². The number of benzene rings is 2. The first kappa shape index (κ1) is 11.4. The lowest BCUT2D eigenvalue weighted by Crippen LogP contribution is -1.87. The molecule has 0 bridgehead atoms. The molecule has 5 nitrogen and oxygen atoms in total. The fourth-order valence-electron chi connectivity index (χ4n) is 2.13. The summed E-state index contributed by atoms with van der Waals surface area (Å²) in [6.07, 6.45) is 0. The zero-order chi connectivity index (χ0) is 13.4. The second kappa shape index (κ2) is 4.20. The molecule has 0 aliphatic carbocycles. The lowest BCUT2D eigenvalue weighted by Gasteiger charge is -1.99. The SMILES string of the molecule is Cc1cccc(-c2n[nH]c3ccc([N+](=O)[O-])cc23)c1. The third kappa shape index (κ3) is 1.95. The summed E-state index contributed by atoms with van der Waals surface area (Å²) >= 11 is 0. The Morgan fingerprint density at radius 2 is 2.05 bits per heavy atom. The van der Waals surface area contributed by atoms with Gasteiger partial charge in [0.05, 0.1) is 10.4 Å². The summed E-state index contributed by atoms with van der Waals surface area (Å²) in [7, 11) is 0. The lowest BCUT2D eigenvalue weighted by atomic mass is 10.1. The maximum atomic E-state index is 10.8. The van der Waals surface area contributed by atoms with Gasteiger partial charge in [0.2, 0.25) is 0 Å². The van der Waals surface area contributed by atoms with E-state index >= 15 is 0 Å². The minimum atomic E-state index is -0.396. The first-order chi connectivity index (χ1) is 9.15. The van der Waals surface area contributed by atoms with Crippen molar-refractivity contribution in [3.63, 3.8) is 0 Å². The number of aromatic amines is 1. The van der Waals surface area contributed by atoms with Crippen LogP contribution < -0.4 is 0 Å². The van der Waals surface area contributed by atoms with Crippen LogP contribution in [0.3, 0.4) is 0 Å². The number of nitrogens with zero attached hydrogens (tertiary/aromatic N) is 2. The molecule has 0 atom stereocenters. The van der Waals surface area contributed by atoms with E-state index in [0.29, 0.717) is 0 Å². The van der Waals surface area contributed by atoms with E-state index in [1.807, 2.05) is 31.2 Å². The quantitative estimate of drug-likeness (QED) is 0.561. The number of aromatic nitrogens is 2. The van der Waals surface area contributed by atoms with E-state index in [2.05, 4.69) is 10.2 Å². The summed E-state index contributed by atoms with van der Waals surface area (Å²) in [4.78, 5) is 10.4. The average molecular weight is 253 g/mol. The molecule has 19 heavy (non-hydrogen) atoms. The highest BCUT2D eigenvalue weighted by molar-refractivity contribution is 5.94. The van der Waals surface area contributed by atoms with Crippen LogP contribution >= 0.6 is 0 Å². The Hall–Kier alpha value is -2.69. The first-order valence-corrected chi connectivity index (χ1v) is 5.85. The van der Waals surface area contributed by atoms with Gasteiger partial charge in [0, 0.05) is 23.1 Å². The summed E-state index contributed by atoms with van der Waals surface area (Å²) in [5, 5.41) is 18.8. The smallest absolute Gasteiger partial charge is 0.270 e. The number of nitro benzene ring substituents is 1. The third-order valence-corrected chi connectivity index (χ3v) is 3.05. The molecule has 1 heterocycles. The van der Waals surface area contributed by atoms with Crippen LogP contribution in [-0.2, 0) is 0 Å². The predicted molar refractivity (Wildman–Crippen MR) is 72.9 cm³/mol. The fourth-order valence-corrected chi connectivity index (χ4v) is 2.13. The van der Waals surface area contributed by atoms with Gasteiger partial charge in [0.15, 0.2) is 0 Å². The van der Waals surface area contributed by atoms with Gasteiger partial charge >= 0.3 is 0 Å². The largest absolute Gasteiger partial charge is 0.277 e. The van der Waals surface area contributed by atoms with E-state index in [1.54, 1.807) is 12.1 Å². The van der Waals surface area contributed by atoms with Gasteiger partial charge in [-0.3, -0.25) is 15.2 Å². The Kier molecular flexibility index (Phi) is 2.52. The van der Waals surface area contributed by atoms with Crippen molar-refractivity contribution in [1.82, 2.24) is 10.2 Å². The average Bonchev–Trinajstić information content (AvgIpc) is 2.81. The monoisotopic (exact) mass is 253 g/mol. The molecule has 1 N–H and O–H groups in total. The van der Waals surface area contributed by atoms with Gasteiger partial charge in [-0.25, -0.2) is 0 Å². The molecule has 0 aliphatic heterocycles. The van der Waals surface area contributed by atoms with Crippen LogP contribution in [0.1, 0.15) is 5.56 Å². The molecule has 0 aliphatic rings. The van der Waals surface area contributed by atoms with Crippen LogP contribution in [0.5, 0.6) is 0 Å². The normalized spacial score (nSPS) is 10.8. The molecule has 2 aromatic carbocycles. The number of nitrogens with one attached hydrogen (secondary N) is 1. The number of aryl methyl sites for hydroxylation is 1. The predicted octanol–water partition coefficient (Wildman–Crippen LogP) is 3.45. The molecular weight excluding hydrogens is 242 g/mol. The number of non-ortho nitro benzene ring substituents is 1. The summed E-state index contributed by atoms with van der Waals surface area (Å²) < 4.78 is 0. The van der Waals surface area contributed by atoms with E-state index in [9.17, 15) is 10.1 Å². The lowest BCUT2D eigenvalue weighted by molar-refractivity contribution is -0.384. The Labute approximate surface area is 109 Å². The molecule has 0 saturated heterocycles. The van der Waals surface area contributed by atoms with Gasteiger partial charge in [0.1, 0.15) is 5.69 Å². The van der Waals surface area contributed by atoms with Crippen molar-refractivity contribution in [2.24, 2.45) is 0 Å². The van der Waals surface area contributed by atoms with Crippen molar-refractivity contribution in [3.05, 3.63) is 58.1 Å². The minimum Gasteiger partial charge on any atom is -0.277 e. The minimum absolute atomic E-state index is 0.0720. The number of rotatable bonds is 2. The zero-order valence-electron chi connectivity index (χ0n) is 10.3. The number of fused-ring (bicyclic) bond motifs is 1. The molecule has 3 aromatic rings. The summed E-state index contributed by atoms with van der Waals surface area (Å²) in [5.41, 5.74) is 3.68. The second-order valence-electron chi connectivity index (χ2n) is 4.43. The van der Waals surface area contributed by atoms with Gasteiger partial charge < -0.3 is 0 Å².